The Balaban J connectivity index is 2.70. The molecule has 1 aromatic rings. The third kappa shape index (κ3) is 4.83. The molecule has 1 atom stereocenters. The van der Waals surface area contributed by atoms with Gasteiger partial charge in [0.2, 0.25) is 0 Å². The number of dihydropyridines is 1. The first-order valence-corrected chi connectivity index (χ1v) is 9.36. The summed E-state index contributed by atoms with van der Waals surface area (Å²) in [6, 6.07) is 5.83. The van der Waals surface area contributed by atoms with Crippen molar-refractivity contribution in [2.45, 2.75) is 26.2 Å². The van der Waals surface area contributed by atoms with Gasteiger partial charge in [0, 0.05) is 23.5 Å². The Labute approximate surface area is 174 Å². The van der Waals surface area contributed by atoms with Crippen molar-refractivity contribution in [1.29, 1.82) is 0 Å². The number of benzene rings is 1. The van der Waals surface area contributed by atoms with Crippen molar-refractivity contribution in [3.05, 3.63) is 87.8 Å². The van der Waals surface area contributed by atoms with Crippen LogP contribution in [0.5, 0.6) is 0 Å². The van der Waals surface area contributed by atoms with Gasteiger partial charge in [0.15, 0.2) is 0 Å². The second-order valence-corrected chi connectivity index (χ2v) is 6.47. The fourth-order valence-electron chi connectivity index (χ4n) is 3.26. The van der Waals surface area contributed by atoms with E-state index in [4.69, 9.17) is 9.47 Å². The van der Waals surface area contributed by atoms with E-state index in [1.807, 2.05) is 6.92 Å². The molecule has 1 N–H and O–H groups in total. The molecule has 8 nitrogen and oxygen atoms in total. The van der Waals surface area contributed by atoms with Crippen molar-refractivity contribution < 1.29 is 24.0 Å². The van der Waals surface area contributed by atoms with Crippen LogP contribution in [0.25, 0.3) is 0 Å². The van der Waals surface area contributed by atoms with E-state index in [1.54, 1.807) is 13.0 Å². The molecular formula is C22H24N2O6. The van der Waals surface area contributed by atoms with Gasteiger partial charge in [-0.3, -0.25) is 10.1 Å². The summed E-state index contributed by atoms with van der Waals surface area (Å²) in [6.45, 7) is 10.6. The smallest absolute Gasteiger partial charge is 0.337 e. The molecule has 2 rings (SSSR count). The van der Waals surface area contributed by atoms with Crippen LogP contribution in [0.4, 0.5) is 5.69 Å². The number of hydrogen-bond acceptors (Lipinski definition) is 7. The molecule has 0 saturated carbocycles. The van der Waals surface area contributed by atoms with Gasteiger partial charge in [0.05, 0.1) is 22.0 Å². The average Bonchev–Trinajstić information content (AvgIpc) is 2.74. The largest absolute Gasteiger partial charge is 0.458 e. The van der Waals surface area contributed by atoms with Crippen LogP contribution in [0.2, 0.25) is 0 Å². The number of esters is 2. The summed E-state index contributed by atoms with van der Waals surface area (Å²) in [7, 11) is 0. The quantitative estimate of drug-likeness (QED) is 0.285. The van der Waals surface area contributed by atoms with E-state index in [2.05, 4.69) is 18.5 Å². The van der Waals surface area contributed by atoms with Gasteiger partial charge < -0.3 is 14.8 Å². The molecule has 0 aliphatic carbocycles. The zero-order valence-electron chi connectivity index (χ0n) is 17.0. The topological polar surface area (TPSA) is 108 Å². The lowest BCUT2D eigenvalue weighted by Gasteiger charge is -2.31. The highest BCUT2D eigenvalue weighted by molar-refractivity contribution is 6.00. The number of nitrogens with zero attached hydrogens (tertiary/aromatic N) is 1. The lowest BCUT2D eigenvalue weighted by Crippen LogP contribution is -2.33. The summed E-state index contributed by atoms with van der Waals surface area (Å²) in [5, 5.41) is 14.4. The number of carbonyl (C=O) groups is 2. The van der Waals surface area contributed by atoms with Gasteiger partial charge in [-0.1, -0.05) is 44.4 Å². The molecule has 158 valence electrons. The fourth-order valence-corrected chi connectivity index (χ4v) is 3.26. The van der Waals surface area contributed by atoms with Crippen LogP contribution in [0.3, 0.4) is 0 Å². The number of nitrogens with one attached hydrogen (secondary N) is 1. The first-order chi connectivity index (χ1) is 14.3. The molecule has 8 heteroatoms. The molecule has 0 aromatic heterocycles. The van der Waals surface area contributed by atoms with Crippen LogP contribution in [-0.2, 0) is 19.1 Å². The van der Waals surface area contributed by atoms with E-state index in [0.29, 0.717) is 23.4 Å². The normalized spacial score (nSPS) is 15.9. The van der Waals surface area contributed by atoms with Crippen LogP contribution in [0.1, 0.15) is 31.7 Å². The van der Waals surface area contributed by atoms with Crippen molar-refractivity contribution in [3.63, 3.8) is 0 Å². The molecule has 0 spiro atoms. The summed E-state index contributed by atoms with van der Waals surface area (Å²) in [5.74, 6) is -2.19. The molecule has 1 aromatic carbocycles. The summed E-state index contributed by atoms with van der Waals surface area (Å²) in [4.78, 5) is 36.5. The van der Waals surface area contributed by atoms with Crippen molar-refractivity contribution in [1.82, 2.24) is 5.32 Å². The molecular weight excluding hydrogens is 388 g/mol. The third-order valence-electron chi connectivity index (χ3n) is 4.52. The second-order valence-electron chi connectivity index (χ2n) is 6.47. The Morgan fingerprint density at radius 1 is 1.17 bits per heavy atom. The number of hydrogen-bond donors (Lipinski definition) is 1. The Bertz CT molecular complexity index is 945. The maximum atomic E-state index is 12.9. The number of ether oxygens (including phenoxy) is 2. The number of allylic oxidation sites excluding steroid dienone is 2. The highest BCUT2D eigenvalue weighted by Crippen LogP contribution is 2.40. The molecule has 0 radical (unpaired) electrons. The maximum absolute atomic E-state index is 12.9. The van der Waals surface area contributed by atoms with Gasteiger partial charge in [-0.2, -0.15) is 0 Å². The Hall–Kier alpha value is -3.68. The predicted molar refractivity (Wildman–Crippen MR) is 111 cm³/mol. The minimum absolute atomic E-state index is 0.0140. The Kier molecular flexibility index (Phi) is 7.69. The maximum Gasteiger partial charge on any atom is 0.337 e. The lowest BCUT2D eigenvalue weighted by atomic mass is 9.79. The zero-order chi connectivity index (χ0) is 22.3. The van der Waals surface area contributed by atoms with Crippen LogP contribution in [0, 0.1) is 10.1 Å². The van der Waals surface area contributed by atoms with E-state index in [-0.39, 0.29) is 30.0 Å². The van der Waals surface area contributed by atoms with E-state index in [0.717, 1.165) is 0 Å². The van der Waals surface area contributed by atoms with Crippen molar-refractivity contribution in [2.75, 3.05) is 13.2 Å². The lowest BCUT2D eigenvalue weighted by molar-refractivity contribution is -0.384. The monoisotopic (exact) mass is 412 g/mol. The summed E-state index contributed by atoms with van der Waals surface area (Å²) in [6.07, 6.45) is 3.32. The van der Waals surface area contributed by atoms with E-state index < -0.39 is 22.8 Å². The fraction of sp³-hybridized carbons (Fsp3) is 0.273. The first-order valence-electron chi connectivity index (χ1n) is 9.36. The minimum Gasteiger partial charge on any atom is -0.458 e. The highest BCUT2D eigenvalue weighted by atomic mass is 16.6. The molecule has 1 heterocycles. The van der Waals surface area contributed by atoms with Crippen LogP contribution >= 0.6 is 0 Å². The molecule has 1 aliphatic heterocycles. The van der Waals surface area contributed by atoms with Crippen molar-refractivity contribution in [2.24, 2.45) is 0 Å². The van der Waals surface area contributed by atoms with E-state index in [9.17, 15) is 19.7 Å². The predicted octanol–water partition coefficient (Wildman–Crippen LogP) is 3.68. The van der Waals surface area contributed by atoms with Gasteiger partial charge in [-0.25, -0.2) is 9.59 Å². The van der Waals surface area contributed by atoms with Crippen LogP contribution in [0.15, 0.2) is 72.1 Å². The number of rotatable bonds is 9. The average molecular weight is 412 g/mol. The summed E-state index contributed by atoms with van der Waals surface area (Å²) in [5.41, 5.74) is 1.71. The Morgan fingerprint density at radius 3 is 2.30 bits per heavy atom. The number of nitro benzene ring substituents is 1. The van der Waals surface area contributed by atoms with Crippen LogP contribution < -0.4 is 5.32 Å². The Morgan fingerprint density at radius 2 is 1.77 bits per heavy atom. The van der Waals surface area contributed by atoms with Gasteiger partial charge in [-0.15, -0.1) is 0 Å². The third-order valence-corrected chi connectivity index (χ3v) is 4.52. The SMILES string of the molecule is C=CCOC(=O)C1=C(C)NC(CC)=C(C(=O)OCC=C)C1c1cccc([N+](=O)[O-])c1. The highest BCUT2D eigenvalue weighted by Gasteiger charge is 2.39. The molecule has 0 fully saturated rings. The zero-order valence-corrected chi connectivity index (χ0v) is 17.0. The summed E-state index contributed by atoms with van der Waals surface area (Å²) >= 11 is 0. The van der Waals surface area contributed by atoms with Gasteiger partial charge in [0.25, 0.3) is 5.69 Å². The van der Waals surface area contributed by atoms with Crippen molar-refractivity contribution in [3.8, 4) is 0 Å². The van der Waals surface area contributed by atoms with Gasteiger partial charge >= 0.3 is 11.9 Å². The molecule has 1 unspecified atom stereocenters. The minimum atomic E-state index is -0.893. The molecule has 30 heavy (non-hydrogen) atoms. The molecule has 0 amide bonds. The van der Waals surface area contributed by atoms with Gasteiger partial charge in [0.1, 0.15) is 13.2 Å². The van der Waals surface area contributed by atoms with Gasteiger partial charge in [-0.05, 0) is 18.9 Å². The van der Waals surface area contributed by atoms with Crippen molar-refractivity contribution >= 4 is 17.6 Å². The molecule has 0 saturated heterocycles. The number of non-ortho nitro benzene ring substituents is 1. The number of nitro groups is 1. The number of carbonyl (C=O) groups excluding carboxylic acids is 2. The second kappa shape index (κ2) is 10.2. The van der Waals surface area contributed by atoms with E-state index in [1.165, 1.54) is 30.4 Å². The summed E-state index contributed by atoms with van der Waals surface area (Å²) < 4.78 is 10.5. The van der Waals surface area contributed by atoms with Crippen LogP contribution in [-0.4, -0.2) is 30.1 Å². The molecule has 0 bridgehead atoms. The van der Waals surface area contributed by atoms with E-state index >= 15 is 0 Å². The standard InChI is InChI=1S/C22H24N2O6/c1-5-11-29-21(25)18-14(4)23-17(7-3)20(22(26)30-12-6-2)19(18)15-9-8-10-16(13-15)24(27)28/h5-6,8-10,13,19,23H,1-2,7,11-12H2,3-4H3. The molecule has 1 aliphatic rings. The first kappa shape index (κ1) is 22.6.